The Labute approximate surface area is 84.4 Å². The lowest BCUT2D eigenvalue weighted by molar-refractivity contribution is -0.135. The lowest BCUT2D eigenvalue weighted by atomic mass is 10.0. The molecule has 0 aromatic rings. The number of hydrogen-bond donors (Lipinski definition) is 2. The Bertz CT molecular complexity index is 222. The molecule has 0 spiro atoms. The van der Waals surface area contributed by atoms with Crippen molar-refractivity contribution in [3.8, 4) is 0 Å². The van der Waals surface area contributed by atoms with E-state index in [-0.39, 0.29) is 18.1 Å². The van der Waals surface area contributed by atoms with Gasteiger partial charge in [0.15, 0.2) is 0 Å². The van der Waals surface area contributed by atoms with Gasteiger partial charge in [-0.15, -0.1) is 0 Å². The van der Waals surface area contributed by atoms with E-state index in [1.165, 1.54) is 12.8 Å². The van der Waals surface area contributed by atoms with Crippen LogP contribution in [0.2, 0.25) is 0 Å². The Hall–Kier alpha value is -0.610. The van der Waals surface area contributed by atoms with Gasteiger partial charge in [-0.1, -0.05) is 0 Å². The fourth-order valence-electron chi connectivity index (χ4n) is 1.45. The summed E-state index contributed by atoms with van der Waals surface area (Å²) in [6.07, 6.45) is 2.53. The van der Waals surface area contributed by atoms with Crippen LogP contribution in [0.3, 0.4) is 0 Å². The minimum atomic E-state index is -0.114. The molecule has 1 heterocycles. The van der Waals surface area contributed by atoms with Gasteiger partial charge in [-0.25, -0.2) is 0 Å². The molecule has 14 heavy (non-hydrogen) atoms. The SMILES string of the molecule is CC1(OCC(=O)NCC2CC2)CNC1. The minimum Gasteiger partial charge on any atom is -0.363 e. The summed E-state index contributed by atoms with van der Waals surface area (Å²) in [4.78, 5) is 11.3. The summed E-state index contributed by atoms with van der Waals surface area (Å²) in [5.41, 5.74) is -0.114. The summed E-state index contributed by atoms with van der Waals surface area (Å²) in [7, 11) is 0. The first-order chi connectivity index (χ1) is 6.68. The third kappa shape index (κ3) is 2.69. The zero-order valence-electron chi connectivity index (χ0n) is 8.64. The Morgan fingerprint density at radius 3 is 2.79 bits per heavy atom. The average molecular weight is 198 g/mol. The van der Waals surface area contributed by atoms with Gasteiger partial charge in [0.2, 0.25) is 5.91 Å². The van der Waals surface area contributed by atoms with E-state index < -0.39 is 0 Å². The Balaban J connectivity index is 1.56. The van der Waals surface area contributed by atoms with E-state index in [4.69, 9.17) is 4.74 Å². The van der Waals surface area contributed by atoms with Gasteiger partial charge in [-0.05, 0) is 25.7 Å². The van der Waals surface area contributed by atoms with Crippen LogP contribution in [0.5, 0.6) is 0 Å². The molecule has 1 saturated heterocycles. The van der Waals surface area contributed by atoms with E-state index in [0.717, 1.165) is 25.6 Å². The van der Waals surface area contributed by atoms with E-state index in [9.17, 15) is 4.79 Å². The van der Waals surface area contributed by atoms with Crippen molar-refractivity contribution < 1.29 is 9.53 Å². The van der Waals surface area contributed by atoms with Gasteiger partial charge in [0.1, 0.15) is 6.61 Å². The Kier molecular flexibility index (Phi) is 2.74. The first-order valence-corrected chi connectivity index (χ1v) is 5.29. The van der Waals surface area contributed by atoms with Crippen LogP contribution in [-0.2, 0) is 9.53 Å². The monoisotopic (exact) mass is 198 g/mol. The summed E-state index contributed by atoms with van der Waals surface area (Å²) < 4.78 is 5.51. The number of nitrogens with one attached hydrogen (secondary N) is 2. The molecule has 4 heteroatoms. The summed E-state index contributed by atoms with van der Waals surface area (Å²) in [6.45, 7) is 4.76. The molecule has 0 aromatic heterocycles. The molecular weight excluding hydrogens is 180 g/mol. The highest BCUT2D eigenvalue weighted by Gasteiger charge is 2.33. The van der Waals surface area contributed by atoms with Crippen LogP contribution in [0.25, 0.3) is 0 Å². The van der Waals surface area contributed by atoms with Gasteiger partial charge in [-0.3, -0.25) is 4.79 Å². The molecule has 0 atom stereocenters. The Morgan fingerprint density at radius 1 is 1.57 bits per heavy atom. The molecule has 4 nitrogen and oxygen atoms in total. The molecule has 0 aromatic carbocycles. The van der Waals surface area contributed by atoms with E-state index in [1.54, 1.807) is 0 Å². The third-order valence-corrected chi connectivity index (χ3v) is 2.83. The van der Waals surface area contributed by atoms with Crippen LogP contribution in [-0.4, -0.2) is 37.7 Å². The number of carbonyl (C=O) groups is 1. The van der Waals surface area contributed by atoms with Gasteiger partial charge in [0, 0.05) is 19.6 Å². The second-order valence-electron chi connectivity index (χ2n) is 4.59. The molecule has 1 aliphatic heterocycles. The number of ether oxygens (including phenoxy) is 1. The largest absolute Gasteiger partial charge is 0.363 e. The maximum atomic E-state index is 11.3. The third-order valence-electron chi connectivity index (χ3n) is 2.83. The molecule has 2 aliphatic rings. The molecule has 2 fully saturated rings. The van der Waals surface area contributed by atoms with Crippen LogP contribution in [0.4, 0.5) is 0 Å². The number of rotatable bonds is 5. The fraction of sp³-hybridized carbons (Fsp3) is 0.900. The predicted octanol–water partition coefficient (Wildman–Crippen LogP) is -0.109. The molecule has 2 N–H and O–H groups in total. The van der Waals surface area contributed by atoms with Crippen LogP contribution < -0.4 is 10.6 Å². The van der Waals surface area contributed by atoms with Gasteiger partial charge < -0.3 is 15.4 Å². The van der Waals surface area contributed by atoms with Crippen molar-refractivity contribution in [1.82, 2.24) is 10.6 Å². The smallest absolute Gasteiger partial charge is 0.246 e. The van der Waals surface area contributed by atoms with Gasteiger partial charge in [0.25, 0.3) is 0 Å². The van der Waals surface area contributed by atoms with E-state index in [2.05, 4.69) is 10.6 Å². The lowest BCUT2D eigenvalue weighted by Crippen LogP contribution is -2.59. The van der Waals surface area contributed by atoms with Crippen molar-refractivity contribution in [2.75, 3.05) is 26.2 Å². The molecule has 1 saturated carbocycles. The Morgan fingerprint density at radius 2 is 2.29 bits per heavy atom. The first kappa shape index (κ1) is 9.93. The standard InChI is InChI=1S/C10H18N2O2/c1-10(6-11-7-10)14-5-9(13)12-4-8-2-3-8/h8,11H,2-7H2,1H3,(H,12,13). The van der Waals surface area contributed by atoms with Gasteiger partial charge in [-0.2, -0.15) is 0 Å². The highest BCUT2D eigenvalue weighted by atomic mass is 16.5. The van der Waals surface area contributed by atoms with Crippen molar-refractivity contribution >= 4 is 5.91 Å². The highest BCUT2D eigenvalue weighted by molar-refractivity contribution is 5.77. The molecule has 0 unspecified atom stereocenters. The normalized spacial score (nSPS) is 24.1. The maximum absolute atomic E-state index is 11.3. The van der Waals surface area contributed by atoms with Crippen LogP contribution in [0, 0.1) is 5.92 Å². The zero-order valence-corrected chi connectivity index (χ0v) is 8.64. The number of hydrogen-bond acceptors (Lipinski definition) is 3. The summed E-state index contributed by atoms with van der Waals surface area (Å²) in [5.74, 6) is 0.755. The molecule has 80 valence electrons. The quantitative estimate of drug-likeness (QED) is 0.648. The predicted molar refractivity (Wildman–Crippen MR) is 53.0 cm³/mol. The van der Waals surface area contributed by atoms with Crippen LogP contribution >= 0.6 is 0 Å². The van der Waals surface area contributed by atoms with Crippen molar-refractivity contribution in [1.29, 1.82) is 0 Å². The maximum Gasteiger partial charge on any atom is 0.246 e. The van der Waals surface area contributed by atoms with Gasteiger partial charge in [0.05, 0.1) is 5.60 Å². The van der Waals surface area contributed by atoms with Crippen LogP contribution in [0.1, 0.15) is 19.8 Å². The number of carbonyl (C=O) groups excluding carboxylic acids is 1. The zero-order chi connectivity index (χ0) is 10.0. The summed E-state index contributed by atoms with van der Waals surface area (Å²) in [6, 6.07) is 0. The van der Waals surface area contributed by atoms with E-state index in [1.807, 2.05) is 6.92 Å². The van der Waals surface area contributed by atoms with Crippen molar-refractivity contribution in [2.24, 2.45) is 5.92 Å². The second kappa shape index (κ2) is 3.87. The fourth-order valence-corrected chi connectivity index (χ4v) is 1.45. The molecule has 1 aliphatic carbocycles. The first-order valence-electron chi connectivity index (χ1n) is 5.29. The molecule has 0 bridgehead atoms. The van der Waals surface area contributed by atoms with Gasteiger partial charge >= 0.3 is 0 Å². The van der Waals surface area contributed by atoms with E-state index in [0.29, 0.717) is 0 Å². The summed E-state index contributed by atoms with van der Waals surface area (Å²) in [5, 5.41) is 6.01. The minimum absolute atomic E-state index is 0.0185. The average Bonchev–Trinajstić information content (AvgIpc) is 2.91. The van der Waals surface area contributed by atoms with Crippen molar-refractivity contribution in [2.45, 2.75) is 25.4 Å². The van der Waals surface area contributed by atoms with Crippen molar-refractivity contribution in [3.63, 3.8) is 0 Å². The summed E-state index contributed by atoms with van der Waals surface area (Å²) >= 11 is 0. The topological polar surface area (TPSA) is 50.4 Å². The molecule has 1 amide bonds. The number of amides is 1. The van der Waals surface area contributed by atoms with Crippen molar-refractivity contribution in [3.05, 3.63) is 0 Å². The molecule has 0 radical (unpaired) electrons. The second-order valence-corrected chi connectivity index (χ2v) is 4.59. The van der Waals surface area contributed by atoms with E-state index >= 15 is 0 Å². The van der Waals surface area contributed by atoms with Crippen LogP contribution in [0.15, 0.2) is 0 Å². The highest BCUT2D eigenvalue weighted by Crippen LogP contribution is 2.27. The lowest BCUT2D eigenvalue weighted by Gasteiger charge is -2.38. The molecular formula is C10H18N2O2. The molecule has 2 rings (SSSR count).